The summed E-state index contributed by atoms with van der Waals surface area (Å²) in [7, 11) is 0. The summed E-state index contributed by atoms with van der Waals surface area (Å²) in [6, 6.07) is 5.80. The number of rotatable bonds is 3. The van der Waals surface area contributed by atoms with E-state index in [0.29, 0.717) is 11.5 Å². The van der Waals surface area contributed by atoms with Crippen LogP contribution in [-0.4, -0.2) is 9.97 Å². The van der Waals surface area contributed by atoms with Crippen LogP contribution in [0.3, 0.4) is 0 Å². The van der Waals surface area contributed by atoms with Gasteiger partial charge in [-0.1, -0.05) is 6.07 Å². The number of nitrogens with two attached hydrogens (primary N) is 1. The predicted molar refractivity (Wildman–Crippen MR) is 56.3 cm³/mol. The van der Waals surface area contributed by atoms with Crippen LogP contribution in [0.25, 0.3) is 0 Å². The normalized spacial score (nSPS) is 9.88. The molecule has 0 saturated heterocycles. The van der Waals surface area contributed by atoms with E-state index in [-0.39, 0.29) is 11.8 Å². The fourth-order valence-electron chi connectivity index (χ4n) is 1.11. The largest absolute Gasteiger partial charge is 0.454 e. The number of hydrogen-bond donors (Lipinski definition) is 2. The molecule has 1 heterocycles. The summed E-state index contributed by atoms with van der Waals surface area (Å²) in [5.41, 5.74) is 2.29. The van der Waals surface area contributed by atoms with Crippen LogP contribution in [0.4, 0.5) is 10.3 Å². The molecule has 6 heteroatoms. The van der Waals surface area contributed by atoms with Crippen molar-refractivity contribution in [3.63, 3.8) is 0 Å². The SMILES string of the molecule is NNc1ncc(Oc2cccc(F)c2)cn1. The number of halogens is 1. The Morgan fingerprint density at radius 3 is 2.56 bits per heavy atom. The molecular weight excluding hydrogens is 211 g/mol. The molecule has 0 bridgehead atoms. The van der Waals surface area contributed by atoms with Crippen molar-refractivity contribution in [1.29, 1.82) is 0 Å². The van der Waals surface area contributed by atoms with Gasteiger partial charge in [0.15, 0.2) is 5.75 Å². The number of nitrogen functional groups attached to an aromatic ring is 1. The third-order valence-electron chi connectivity index (χ3n) is 1.79. The minimum Gasteiger partial charge on any atom is -0.454 e. The van der Waals surface area contributed by atoms with E-state index >= 15 is 0 Å². The van der Waals surface area contributed by atoms with Crippen molar-refractivity contribution in [2.75, 3.05) is 5.43 Å². The highest BCUT2D eigenvalue weighted by molar-refractivity contribution is 5.31. The maximum atomic E-state index is 12.9. The molecule has 0 amide bonds. The molecule has 0 aliphatic rings. The number of nitrogens with one attached hydrogen (secondary N) is 1. The third kappa shape index (κ3) is 2.43. The van der Waals surface area contributed by atoms with Crippen molar-refractivity contribution < 1.29 is 9.13 Å². The molecule has 0 saturated carbocycles. The number of aromatic nitrogens is 2. The molecule has 0 unspecified atom stereocenters. The first kappa shape index (κ1) is 10.3. The van der Waals surface area contributed by atoms with Crippen LogP contribution in [-0.2, 0) is 0 Å². The van der Waals surface area contributed by atoms with Gasteiger partial charge in [0.2, 0.25) is 5.95 Å². The number of hydrazine groups is 1. The Balaban J connectivity index is 2.14. The first-order valence-corrected chi connectivity index (χ1v) is 4.50. The number of benzene rings is 1. The van der Waals surface area contributed by atoms with Gasteiger partial charge >= 0.3 is 0 Å². The van der Waals surface area contributed by atoms with Gasteiger partial charge in [-0.25, -0.2) is 20.2 Å². The van der Waals surface area contributed by atoms with Gasteiger partial charge in [-0.2, -0.15) is 0 Å². The topological polar surface area (TPSA) is 73.1 Å². The first-order chi connectivity index (χ1) is 7.78. The number of anilines is 1. The lowest BCUT2D eigenvalue weighted by atomic mass is 10.3. The standard InChI is InChI=1S/C10H9FN4O/c11-7-2-1-3-8(4-7)16-9-5-13-10(15-12)14-6-9/h1-6H,12H2,(H,13,14,15). The van der Waals surface area contributed by atoms with E-state index in [9.17, 15) is 4.39 Å². The second-order valence-electron chi connectivity index (χ2n) is 2.95. The van der Waals surface area contributed by atoms with E-state index in [1.807, 2.05) is 0 Å². The Kier molecular flexibility index (Phi) is 2.93. The number of nitrogens with zero attached hydrogens (tertiary/aromatic N) is 2. The predicted octanol–water partition coefficient (Wildman–Crippen LogP) is 1.69. The van der Waals surface area contributed by atoms with Crippen LogP contribution in [0.1, 0.15) is 0 Å². The summed E-state index contributed by atoms with van der Waals surface area (Å²) in [6.45, 7) is 0. The lowest BCUT2D eigenvalue weighted by Gasteiger charge is -2.05. The van der Waals surface area contributed by atoms with Gasteiger partial charge in [-0.15, -0.1) is 0 Å². The summed E-state index contributed by atoms with van der Waals surface area (Å²) in [5, 5.41) is 0. The van der Waals surface area contributed by atoms with E-state index in [1.165, 1.54) is 24.5 Å². The number of ether oxygens (including phenoxy) is 1. The maximum Gasteiger partial charge on any atom is 0.237 e. The zero-order valence-electron chi connectivity index (χ0n) is 8.22. The van der Waals surface area contributed by atoms with E-state index in [1.54, 1.807) is 12.1 Å². The van der Waals surface area contributed by atoms with Crippen molar-refractivity contribution in [2.24, 2.45) is 5.84 Å². The lowest BCUT2D eigenvalue weighted by Crippen LogP contribution is -2.09. The lowest BCUT2D eigenvalue weighted by molar-refractivity contribution is 0.472. The molecule has 16 heavy (non-hydrogen) atoms. The van der Waals surface area contributed by atoms with Crippen LogP contribution in [0.5, 0.6) is 11.5 Å². The van der Waals surface area contributed by atoms with Crippen LogP contribution in [0.15, 0.2) is 36.7 Å². The summed E-state index contributed by atoms with van der Waals surface area (Å²) in [4.78, 5) is 7.70. The molecule has 0 radical (unpaired) electrons. The minimum absolute atomic E-state index is 0.284. The van der Waals surface area contributed by atoms with Crippen molar-refractivity contribution >= 4 is 5.95 Å². The quantitative estimate of drug-likeness (QED) is 0.608. The Morgan fingerprint density at radius 2 is 1.94 bits per heavy atom. The molecule has 5 nitrogen and oxygen atoms in total. The molecule has 2 aromatic rings. The molecule has 3 N–H and O–H groups in total. The van der Waals surface area contributed by atoms with Gasteiger partial charge < -0.3 is 4.74 Å². The Morgan fingerprint density at radius 1 is 1.19 bits per heavy atom. The first-order valence-electron chi connectivity index (χ1n) is 4.50. The zero-order chi connectivity index (χ0) is 11.4. The van der Waals surface area contributed by atoms with E-state index in [0.717, 1.165) is 0 Å². The second-order valence-corrected chi connectivity index (χ2v) is 2.95. The zero-order valence-corrected chi connectivity index (χ0v) is 8.22. The smallest absolute Gasteiger partial charge is 0.237 e. The summed E-state index contributed by atoms with van der Waals surface area (Å²) in [6.07, 6.45) is 2.88. The molecule has 0 spiro atoms. The molecule has 1 aromatic carbocycles. The summed E-state index contributed by atoms with van der Waals surface area (Å²) >= 11 is 0. The average Bonchev–Trinajstić information content (AvgIpc) is 2.30. The van der Waals surface area contributed by atoms with Crippen LogP contribution in [0.2, 0.25) is 0 Å². The van der Waals surface area contributed by atoms with Crippen molar-refractivity contribution in [1.82, 2.24) is 9.97 Å². The highest BCUT2D eigenvalue weighted by atomic mass is 19.1. The van der Waals surface area contributed by atoms with Gasteiger partial charge in [0.25, 0.3) is 0 Å². The van der Waals surface area contributed by atoms with E-state index in [4.69, 9.17) is 10.6 Å². The Labute approximate surface area is 91.1 Å². The van der Waals surface area contributed by atoms with Crippen molar-refractivity contribution in [3.8, 4) is 11.5 Å². The highest BCUT2D eigenvalue weighted by Crippen LogP contribution is 2.20. The van der Waals surface area contributed by atoms with Gasteiger partial charge in [0, 0.05) is 6.07 Å². The van der Waals surface area contributed by atoms with Crippen LogP contribution >= 0.6 is 0 Å². The van der Waals surface area contributed by atoms with Gasteiger partial charge in [-0.3, -0.25) is 5.43 Å². The molecule has 0 fully saturated rings. The van der Waals surface area contributed by atoms with E-state index < -0.39 is 0 Å². The molecular formula is C10H9FN4O. The van der Waals surface area contributed by atoms with Crippen LogP contribution < -0.4 is 16.0 Å². The summed E-state index contributed by atoms with van der Waals surface area (Å²) in [5.74, 6) is 5.82. The van der Waals surface area contributed by atoms with Gasteiger partial charge in [-0.05, 0) is 12.1 Å². The number of hydrogen-bond acceptors (Lipinski definition) is 5. The second kappa shape index (κ2) is 4.54. The minimum atomic E-state index is -0.362. The highest BCUT2D eigenvalue weighted by Gasteiger charge is 2.00. The van der Waals surface area contributed by atoms with Gasteiger partial charge in [0.05, 0.1) is 12.4 Å². The molecule has 0 atom stereocenters. The maximum absolute atomic E-state index is 12.9. The van der Waals surface area contributed by atoms with E-state index in [2.05, 4.69) is 15.4 Å². The fraction of sp³-hybridized carbons (Fsp3) is 0. The van der Waals surface area contributed by atoms with Crippen molar-refractivity contribution in [3.05, 3.63) is 42.5 Å². The average molecular weight is 220 g/mol. The molecule has 82 valence electrons. The summed E-state index contributed by atoms with van der Waals surface area (Å²) < 4.78 is 18.2. The fourth-order valence-corrected chi connectivity index (χ4v) is 1.11. The monoisotopic (exact) mass is 220 g/mol. The molecule has 0 aliphatic carbocycles. The Bertz CT molecular complexity index is 475. The van der Waals surface area contributed by atoms with Crippen molar-refractivity contribution in [2.45, 2.75) is 0 Å². The third-order valence-corrected chi connectivity index (χ3v) is 1.79. The van der Waals surface area contributed by atoms with Crippen LogP contribution in [0, 0.1) is 5.82 Å². The molecule has 0 aliphatic heterocycles. The van der Waals surface area contributed by atoms with Gasteiger partial charge in [0.1, 0.15) is 11.6 Å². The Hall–Kier alpha value is -2.21. The molecule has 2 rings (SSSR count). The molecule has 1 aromatic heterocycles.